The molecular formula is HCa2FO4Si. The minimum atomic E-state index is -5.61. The second kappa shape index (κ2) is 9.51. The monoisotopic (exact) mass is 192 g/mol. The molecule has 0 aromatic rings. The topological polar surface area (TPSA) is 92.2 Å². The van der Waals surface area contributed by atoms with Crippen molar-refractivity contribution in [3.63, 3.8) is 0 Å². The molecule has 8 heteroatoms. The smallest absolute Gasteiger partial charge is 0.894 e. The number of halogens is 1. The molecule has 0 spiro atoms. The molecule has 0 aliphatic heterocycles. The van der Waals surface area contributed by atoms with Crippen LogP contribution in [0.3, 0.4) is 0 Å². The van der Waals surface area contributed by atoms with Gasteiger partial charge < -0.3 is 28.2 Å². The maximum Gasteiger partial charge on any atom is 2.00 e. The van der Waals surface area contributed by atoms with Crippen LogP contribution in [0.1, 0.15) is 0 Å². The fraction of sp³-hybridized carbons (Fsp3) is 0. The van der Waals surface area contributed by atoms with Gasteiger partial charge in [0.2, 0.25) is 0 Å². The van der Waals surface area contributed by atoms with Crippen LogP contribution in [0.25, 0.3) is 0 Å². The van der Waals surface area contributed by atoms with Crippen LogP contribution in [0.15, 0.2) is 0 Å². The Morgan fingerprint density at radius 1 is 0.750 bits per heavy atom. The molecule has 4 nitrogen and oxygen atoms in total. The molecule has 0 bridgehead atoms. The molecule has 0 saturated carbocycles. The minimum absolute atomic E-state index is 0. The van der Waals surface area contributed by atoms with Gasteiger partial charge in [-0.1, -0.05) is 0 Å². The van der Waals surface area contributed by atoms with Gasteiger partial charge in [0.05, 0.1) is 0 Å². The molecule has 8 heavy (non-hydrogen) atoms. The summed E-state index contributed by atoms with van der Waals surface area (Å²) in [5, 5.41) is 0. The summed E-state index contributed by atoms with van der Waals surface area (Å²) in [4.78, 5) is 34.3. The van der Waals surface area contributed by atoms with Crippen LogP contribution < -0.4 is 19.2 Å². The van der Waals surface area contributed by atoms with Crippen molar-refractivity contribution in [3.05, 3.63) is 0 Å². The fourth-order valence-corrected chi connectivity index (χ4v) is 0. The summed E-state index contributed by atoms with van der Waals surface area (Å²) in [6.45, 7) is 0. The van der Waals surface area contributed by atoms with E-state index in [-0.39, 0.29) is 80.2 Å². The molecule has 0 rings (SSSR count). The maximum atomic E-state index is 8.58. The van der Waals surface area contributed by atoms with Gasteiger partial charge in [-0.2, -0.15) is 0 Å². The van der Waals surface area contributed by atoms with E-state index >= 15 is 0 Å². The standard InChI is InChI=1S/2Ca.FH.O4Si/c;;;1-5(2,3)4/h;;1H;/q2*+2;;-4. The van der Waals surface area contributed by atoms with Crippen molar-refractivity contribution in [3.8, 4) is 0 Å². The van der Waals surface area contributed by atoms with Gasteiger partial charge in [0.15, 0.2) is 0 Å². The molecule has 0 aliphatic carbocycles. The van der Waals surface area contributed by atoms with Crippen LogP contribution in [0.4, 0.5) is 4.70 Å². The second-order valence-electron chi connectivity index (χ2n) is 0.500. The Morgan fingerprint density at radius 2 is 0.750 bits per heavy atom. The number of hydrogen-bond donors (Lipinski definition) is 0. The van der Waals surface area contributed by atoms with Gasteiger partial charge in [-0.15, -0.1) is 0 Å². The number of rotatable bonds is 0. The molecule has 0 saturated heterocycles. The van der Waals surface area contributed by atoms with Crippen molar-refractivity contribution in [1.29, 1.82) is 0 Å². The fourth-order valence-electron chi connectivity index (χ4n) is 0. The molecule has 0 aliphatic rings. The minimum Gasteiger partial charge on any atom is -0.894 e. The van der Waals surface area contributed by atoms with Crippen molar-refractivity contribution in [2.24, 2.45) is 0 Å². The first-order valence-electron chi connectivity index (χ1n) is 0.816. The first-order chi connectivity index (χ1) is 2.00. The molecule has 0 fully saturated rings. The van der Waals surface area contributed by atoms with E-state index < -0.39 is 9.05 Å². The summed E-state index contributed by atoms with van der Waals surface area (Å²) in [5.41, 5.74) is 0. The zero-order valence-corrected chi connectivity index (χ0v) is 9.37. The summed E-state index contributed by atoms with van der Waals surface area (Å²) in [6.07, 6.45) is 0. The van der Waals surface area contributed by atoms with Crippen molar-refractivity contribution in [2.45, 2.75) is 0 Å². The van der Waals surface area contributed by atoms with E-state index in [9.17, 15) is 0 Å². The molecule has 0 N–H and O–H groups in total. The third-order valence-electron chi connectivity index (χ3n) is 0. The van der Waals surface area contributed by atoms with Gasteiger partial charge in [0.1, 0.15) is 0 Å². The number of hydrogen-bond acceptors (Lipinski definition) is 4. The zero-order chi connectivity index (χ0) is 4.50. The van der Waals surface area contributed by atoms with Crippen LogP contribution >= 0.6 is 0 Å². The average molecular weight is 192 g/mol. The van der Waals surface area contributed by atoms with Crippen LogP contribution in [0.5, 0.6) is 0 Å². The summed E-state index contributed by atoms with van der Waals surface area (Å²) in [7, 11) is -5.61. The van der Waals surface area contributed by atoms with E-state index in [1.165, 1.54) is 0 Å². The molecule has 0 heterocycles. The molecule has 0 aromatic heterocycles. The van der Waals surface area contributed by atoms with Crippen LogP contribution in [-0.2, 0) is 0 Å². The predicted molar refractivity (Wildman–Crippen MR) is 19.8 cm³/mol. The summed E-state index contributed by atoms with van der Waals surface area (Å²) in [6, 6.07) is 0. The van der Waals surface area contributed by atoms with E-state index in [0.29, 0.717) is 0 Å². The van der Waals surface area contributed by atoms with E-state index in [1.807, 2.05) is 0 Å². The van der Waals surface area contributed by atoms with Crippen LogP contribution in [0.2, 0.25) is 0 Å². The Bertz CT molecular complexity index is 29.5. The second-order valence-corrected chi connectivity index (χ2v) is 1.50. The van der Waals surface area contributed by atoms with Gasteiger partial charge in [0, 0.05) is 0 Å². The Balaban J connectivity index is -0.0000000267. The first kappa shape index (κ1) is 22.4. The maximum absolute atomic E-state index is 8.58. The van der Waals surface area contributed by atoms with Gasteiger partial charge >= 0.3 is 75.5 Å². The molecular weight excluding hydrogens is 191 g/mol. The van der Waals surface area contributed by atoms with Crippen molar-refractivity contribution in [2.75, 3.05) is 0 Å². The Hall–Kier alpha value is 2.51. The van der Waals surface area contributed by atoms with Crippen molar-refractivity contribution >= 4 is 84.5 Å². The average Bonchev–Trinajstić information content (AvgIpc) is 0.722. The molecule has 0 aromatic carbocycles. The summed E-state index contributed by atoms with van der Waals surface area (Å²) < 4.78 is 0. The summed E-state index contributed by atoms with van der Waals surface area (Å²) >= 11 is 0. The van der Waals surface area contributed by atoms with E-state index in [0.717, 1.165) is 0 Å². The Labute approximate surface area is 106 Å². The quantitative estimate of drug-likeness (QED) is 0.357. The molecule has 0 amide bonds. The largest absolute Gasteiger partial charge is 2.00 e. The first-order valence-corrected chi connectivity index (χ1v) is 2.45. The Kier molecular flexibility index (Phi) is 26.7. The van der Waals surface area contributed by atoms with Crippen molar-refractivity contribution in [1.82, 2.24) is 0 Å². The molecule has 40 valence electrons. The normalized spacial score (nSPS) is 7.50. The van der Waals surface area contributed by atoms with Gasteiger partial charge in [0.25, 0.3) is 0 Å². The summed E-state index contributed by atoms with van der Waals surface area (Å²) in [5.74, 6) is 0. The van der Waals surface area contributed by atoms with Gasteiger partial charge in [-0.3, -0.25) is 4.70 Å². The SMILES string of the molecule is F.[Ca+2].[Ca+2].[O-][Si]([O-])([O-])[O-]. The molecule has 0 unspecified atom stereocenters. The zero-order valence-electron chi connectivity index (χ0n) is 3.96. The van der Waals surface area contributed by atoms with E-state index in [1.54, 1.807) is 0 Å². The van der Waals surface area contributed by atoms with Crippen LogP contribution in [-0.4, -0.2) is 84.5 Å². The molecule has 0 atom stereocenters. The van der Waals surface area contributed by atoms with Crippen molar-refractivity contribution < 1.29 is 23.9 Å². The van der Waals surface area contributed by atoms with Gasteiger partial charge in [-0.25, -0.2) is 0 Å². The van der Waals surface area contributed by atoms with E-state index in [2.05, 4.69) is 0 Å². The van der Waals surface area contributed by atoms with Crippen LogP contribution in [0, 0.1) is 0 Å². The van der Waals surface area contributed by atoms with Gasteiger partial charge in [-0.05, 0) is 0 Å². The third-order valence-corrected chi connectivity index (χ3v) is 0. The third kappa shape index (κ3) is 76.3. The molecule has 0 radical (unpaired) electrons. The van der Waals surface area contributed by atoms with E-state index in [4.69, 9.17) is 19.2 Å². The Morgan fingerprint density at radius 3 is 0.750 bits per heavy atom. The predicted octanol–water partition coefficient (Wildman–Crippen LogP) is -5.75.